The lowest BCUT2D eigenvalue weighted by Gasteiger charge is -2.42. The zero-order chi connectivity index (χ0) is 30.1. The summed E-state index contributed by atoms with van der Waals surface area (Å²) in [5.41, 5.74) is -1.34. The average Bonchev–Trinajstić information content (AvgIpc) is 2.81. The standard InChI is InChI=1S/C30H27ClF3NO6/c1-28(2)11-19(36)26-23(13-28)41-24-14-29(3,4)12-20(37)27(24)25(26)15-5-7-21(17(31)9-15)40-22-8-6-16(30(32,33)34)10-18(22)35(38)39/h5-10,25H,11-14H2,1-4H3. The van der Waals surface area contributed by atoms with Gasteiger partial charge in [0.25, 0.3) is 0 Å². The number of nitro benzene ring substituents is 1. The number of allylic oxidation sites excluding steroid dienone is 4. The summed E-state index contributed by atoms with van der Waals surface area (Å²) in [6.07, 6.45) is -3.18. The van der Waals surface area contributed by atoms with Gasteiger partial charge >= 0.3 is 11.9 Å². The highest BCUT2D eigenvalue weighted by atomic mass is 35.5. The van der Waals surface area contributed by atoms with Gasteiger partial charge in [-0.05, 0) is 40.7 Å². The Bertz CT molecular complexity index is 1520. The first-order chi connectivity index (χ1) is 19.0. The van der Waals surface area contributed by atoms with Crippen molar-refractivity contribution in [2.75, 3.05) is 0 Å². The van der Waals surface area contributed by atoms with Crippen LogP contribution in [0.2, 0.25) is 5.02 Å². The molecule has 0 saturated carbocycles. The second kappa shape index (κ2) is 9.72. The molecule has 11 heteroatoms. The molecule has 0 atom stereocenters. The Morgan fingerprint density at radius 1 is 0.902 bits per heavy atom. The van der Waals surface area contributed by atoms with Gasteiger partial charge in [-0.1, -0.05) is 45.4 Å². The van der Waals surface area contributed by atoms with E-state index in [1.54, 1.807) is 6.07 Å². The van der Waals surface area contributed by atoms with Crippen molar-refractivity contribution >= 4 is 28.9 Å². The fourth-order valence-corrected chi connectivity index (χ4v) is 6.06. The minimum absolute atomic E-state index is 0.000311. The number of hydrogen-bond acceptors (Lipinski definition) is 6. The highest BCUT2D eigenvalue weighted by Gasteiger charge is 2.48. The average molecular weight is 590 g/mol. The first-order valence-electron chi connectivity index (χ1n) is 13.0. The van der Waals surface area contributed by atoms with E-state index >= 15 is 0 Å². The predicted octanol–water partition coefficient (Wildman–Crippen LogP) is 8.46. The summed E-state index contributed by atoms with van der Waals surface area (Å²) in [6, 6.07) is 6.47. The van der Waals surface area contributed by atoms with Crippen molar-refractivity contribution in [3.05, 3.63) is 85.3 Å². The van der Waals surface area contributed by atoms with Gasteiger partial charge in [-0.25, -0.2) is 0 Å². The molecule has 3 aliphatic rings. The van der Waals surface area contributed by atoms with E-state index in [4.69, 9.17) is 21.1 Å². The second-order valence-corrected chi connectivity index (χ2v) is 12.7. The molecule has 1 aliphatic heterocycles. The van der Waals surface area contributed by atoms with Crippen molar-refractivity contribution in [3.63, 3.8) is 0 Å². The van der Waals surface area contributed by atoms with Gasteiger partial charge in [-0.3, -0.25) is 19.7 Å². The summed E-state index contributed by atoms with van der Waals surface area (Å²) in [4.78, 5) is 37.4. The minimum atomic E-state index is -4.77. The molecule has 5 rings (SSSR count). The molecule has 216 valence electrons. The van der Waals surface area contributed by atoms with E-state index in [9.17, 15) is 32.9 Å². The van der Waals surface area contributed by atoms with Crippen LogP contribution in [0, 0.1) is 20.9 Å². The van der Waals surface area contributed by atoms with E-state index in [1.165, 1.54) is 12.1 Å². The summed E-state index contributed by atoms with van der Waals surface area (Å²) in [6.45, 7) is 7.93. The maximum Gasteiger partial charge on any atom is 0.416 e. The lowest BCUT2D eigenvalue weighted by molar-refractivity contribution is -0.385. The maximum atomic E-state index is 13.5. The molecule has 7 nitrogen and oxygen atoms in total. The zero-order valence-electron chi connectivity index (χ0n) is 22.8. The van der Waals surface area contributed by atoms with Crippen molar-refractivity contribution in [2.24, 2.45) is 10.8 Å². The van der Waals surface area contributed by atoms with Crippen LogP contribution < -0.4 is 4.74 Å². The minimum Gasteiger partial charge on any atom is -0.465 e. The SMILES string of the molecule is CC1(C)CC(=O)C2=C(C1)OC1=C(C(=O)CC(C)(C)C1)C2c1ccc(Oc2ccc(C(F)(F)F)cc2[N+](=O)[O-])c(Cl)c1. The van der Waals surface area contributed by atoms with Crippen LogP contribution in [-0.4, -0.2) is 16.5 Å². The van der Waals surface area contributed by atoms with Gasteiger partial charge in [-0.2, -0.15) is 13.2 Å². The number of carbonyl (C=O) groups is 2. The number of ether oxygens (including phenoxy) is 2. The van der Waals surface area contributed by atoms with Gasteiger partial charge in [0.05, 0.1) is 15.5 Å². The van der Waals surface area contributed by atoms with Crippen LogP contribution in [0.3, 0.4) is 0 Å². The van der Waals surface area contributed by atoms with Crippen molar-refractivity contribution in [1.29, 1.82) is 0 Å². The third-order valence-electron chi connectivity index (χ3n) is 7.57. The Kier molecular flexibility index (Phi) is 6.84. The summed E-state index contributed by atoms with van der Waals surface area (Å²) in [5.74, 6) is -0.346. The van der Waals surface area contributed by atoms with Gasteiger partial charge in [0.2, 0.25) is 5.75 Å². The van der Waals surface area contributed by atoms with Crippen LogP contribution in [0.15, 0.2) is 59.1 Å². The highest BCUT2D eigenvalue weighted by Crippen LogP contribution is 2.54. The fourth-order valence-electron chi connectivity index (χ4n) is 5.83. The molecule has 0 unspecified atom stereocenters. The molecule has 41 heavy (non-hydrogen) atoms. The molecule has 2 aromatic carbocycles. The lowest BCUT2D eigenvalue weighted by Crippen LogP contribution is -2.37. The van der Waals surface area contributed by atoms with Crippen LogP contribution in [-0.2, 0) is 20.5 Å². The van der Waals surface area contributed by atoms with E-state index in [0.29, 0.717) is 53.2 Å². The second-order valence-electron chi connectivity index (χ2n) is 12.3. The molecule has 2 aromatic rings. The highest BCUT2D eigenvalue weighted by molar-refractivity contribution is 6.32. The predicted molar refractivity (Wildman–Crippen MR) is 144 cm³/mol. The van der Waals surface area contributed by atoms with Gasteiger partial charge in [-0.15, -0.1) is 0 Å². The number of Topliss-reactive ketones (excluding diaryl/α,β-unsaturated/α-hetero) is 2. The quantitative estimate of drug-likeness (QED) is 0.262. The molecule has 0 fully saturated rings. The molecule has 0 N–H and O–H groups in total. The smallest absolute Gasteiger partial charge is 0.416 e. The third kappa shape index (κ3) is 5.49. The lowest BCUT2D eigenvalue weighted by atomic mass is 9.65. The van der Waals surface area contributed by atoms with Crippen LogP contribution in [0.1, 0.15) is 70.4 Å². The summed E-state index contributed by atoms with van der Waals surface area (Å²) >= 11 is 6.54. The summed E-state index contributed by atoms with van der Waals surface area (Å²) in [5, 5.41) is 11.5. The number of hydrogen-bond donors (Lipinski definition) is 0. The number of nitrogens with zero attached hydrogens (tertiary/aromatic N) is 1. The Labute approximate surface area is 239 Å². The molecule has 0 spiro atoms. The van der Waals surface area contributed by atoms with Gasteiger partial charge in [0.1, 0.15) is 17.3 Å². The van der Waals surface area contributed by atoms with Gasteiger partial charge in [0.15, 0.2) is 11.6 Å². The van der Waals surface area contributed by atoms with E-state index in [1.807, 2.05) is 27.7 Å². The Balaban J connectivity index is 1.57. The van der Waals surface area contributed by atoms with Crippen molar-refractivity contribution < 1.29 is 37.2 Å². The molecule has 0 amide bonds. The number of ketones is 2. The van der Waals surface area contributed by atoms with E-state index in [0.717, 1.165) is 6.07 Å². The molecule has 1 heterocycles. The molecule has 2 aliphatic carbocycles. The third-order valence-corrected chi connectivity index (χ3v) is 7.87. The Morgan fingerprint density at radius 3 is 1.93 bits per heavy atom. The number of carbonyl (C=O) groups excluding carboxylic acids is 2. The van der Waals surface area contributed by atoms with Crippen LogP contribution in [0.25, 0.3) is 0 Å². The normalized spacial score (nSPS) is 20.4. The fraction of sp³-hybridized carbons (Fsp3) is 0.400. The number of nitro groups is 1. The van der Waals surface area contributed by atoms with Gasteiger partial charge < -0.3 is 9.47 Å². The molecule has 0 saturated heterocycles. The maximum absolute atomic E-state index is 13.5. The van der Waals surface area contributed by atoms with Crippen molar-refractivity contribution in [3.8, 4) is 11.5 Å². The first-order valence-corrected chi connectivity index (χ1v) is 13.4. The molecular weight excluding hydrogens is 563 g/mol. The van der Waals surface area contributed by atoms with Crippen molar-refractivity contribution in [1.82, 2.24) is 0 Å². The Morgan fingerprint density at radius 2 is 1.44 bits per heavy atom. The van der Waals surface area contributed by atoms with E-state index in [2.05, 4.69) is 0 Å². The first kappa shape index (κ1) is 28.9. The molecule has 0 bridgehead atoms. The largest absolute Gasteiger partial charge is 0.465 e. The number of alkyl halides is 3. The van der Waals surface area contributed by atoms with E-state index in [-0.39, 0.29) is 46.0 Å². The molecule has 0 aromatic heterocycles. The summed E-state index contributed by atoms with van der Waals surface area (Å²) < 4.78 is 51.2. The topological polar surface area (TPSA) is 95.7 Å². The number of rotatable bonds is 4. The molecule has 0 radical (unpaired) electrons. The van der Waals surface area contributed by atoms with Crippen LogP contribution in [0.5, 0.6) is 11.5 Å². The van der Waals surface area contributed by atoms with Crippen LogP contribution >= 0.6 is 11.6 Å². The van der Waals surface area contributed by atoms with E-state index < -0.39 is 34.0 Å². The number of benzene rings is 2. The summed E-state index contributed by atoms with van der Waals surface area (Å²) in [7, 11) is 0. The Hall–Kier alpha value is -3.66. The van der Waals surface area contributed by atoms with Crippen molar-refractivity contribution in [2.45, 2.75) is 65.5 Å². The zero-order valence-corrected chi connectivity index (χ0v) is 23.5. The molecular formula is C30H27ClF3NO6. The van der Waals surface area contributed by atoms with Gasteiger partial charge in [0, 0.05) is 48.8 Å². The number of halogens is 4. The van der Waals surface area contributed by atoms with Crippen LogP contribution in [0.4, 0.5) is 18.9 Å². The monoisotopic (exact) mass is 589 g/mol.